The van der Waals surface area contributed by atoms with E-state index in [1.54, 1.807) is 0 Å². The standard InChI is InChI=1S/C5H5F3O2/c6-5(7,8)3-1-2-4(9)10/h1,3H,2H2,(H,9,10). The van der Waals surface area contributed by atoms with E-state index < -0.39 is 18.6 Å². The molecule has 0 aromatic rings. The van der Waals surface area contributed by atoms with Gasteiger partial charge in [-0.05, 0) is 0 Å². The molecule has 0 aliphatic heterocycles. The fourth-order valence-electron chi connectivity index (χ4n) is 0.293. The molecule has 0 rings (SSSR count). The van der Waals surface area contributed by atoms with E-state index in [1.165, 1.54) is 0 Å². The van der Waals surface area contributed by atoms with E-state index in [0.29, 0.717) is 6.08 Å². The molecule has 0 bridgehead atoms. The third-order valence-electron chi connectivity index (χ3n) is 0.599. The van der Waals surface area contributed by atoms with Gasteiger partial charge in [0.2, 0.25) is 0 Å². The zero-order valence-electron chi connectivity index (χ0n) is 4.85. The molecule has 0 aliphatic carbocycles. The first kappa shape index (κ1) is 9.00. The summed E-state index contributed by atoms with van der Waals surface area (Å²) in [6.45, 7) is 0. The SMILES string of the molecule is O=C(O)CC=CC(F)(F)F. The third kappa shape index (κ3) is 7.00. The number of halogens is 3. The van der Waals surface area contributed by atoms with E-state index in [-0.39, 0.29) is 6.08 Å². The molecule has 0 radical (unpaired) electrons. The Bertz CT molecular complexity index is 147. The Balaban J connectivity index is 3.67. The summed E-state index contributed by atoms with van der Waals surface area (Å²) >= 11 is 0. The van der Waals surface area contributed by atoms with E-state index >= 15 is 0 Å². The lowest BCUT2D eigenvalue weighted by Gasteiger charge is -1.95. The van der Waals surface area contributed by atoms with Crippen molar-refractivity contribution < 1.29 is 23.1 Å². The maximum absolute atomic E-state index is 11.2. The van der Waals surface area contributed by atoms with Gasteiger partial charge >= 0.3 is 12.1 Å². The molecular weight excluding hydrogens is 149 g/mol. The Morgan fingerprint density at radius 2 is 2.00 bits per heavy atom. The fraction of sp³-hybridized carbons (Fsp3) is 0.400. The summed E-state index contributed by atoms with van der Waals surface area (Å²) in [7, 11) is 0. The van der Waals surface area contributed by atoms with Gasteiger partial charge in [0.1, 0.15) is 0 Å². The van der Waals surface area contributed by atoms with Gasteiger partial charge in [-0.15, -0.1) is 0 Å². The van der Waals surface area contributed by atoms with Crippen LogP contribution in [0.4, 0.5) is 13.2 Å². The summed E-state index contributed by atoms with van der Waals surface area (Å²) in [4.78, 5) is 9.67. The van der Waals surface area contributed by atoms with E-state index in [4.69, 9.17) is 5.11 Å². The summed E-state index contributed by atoms with van der Waals surface area (Å²) < 4.78 is 33.7. The highest BCUT2D eigenvalue weighted by Gasteiger charge is 2.21. The second-order valence-corrected chi connectivity index (χ2v) is 1.54. The largest absolute Gasteiger partial charge is 0.481 e. The van der Waals surface area contributed by atoms with Crippen LogP contribution in [0.2, 0.25) is 0 Å². The third-order valence-corrected chi connectivity index (χ3v) is 0.599. The summed E-state index contributed by atoms with van der Waals surface area (Å²) in [6.07, 6.45) is -4.54. The van der Waals surface area contributed by atoms with Gasteiger partial charge in [-0.25, -0.2) is 0 Å². The predicted octanol–water partition coefficient (Wildman–Crippen LogP) is 1.58. The van der Waals surface area contributed by atoms with Crippen LogP contribution in [0.5, 0.6) is 0 Å². The number of hydrogen-bond acceptors (Lipinski definition) is 1. The van der Waals surface area contributed by atoms with Crippen molar-refractivity contribution >= 4 is 5.97 Å². The number of aliphatic carboxylic acids is 1. The highest BCUT2D eigenvalue weighted by Crippen LogP contribution is 2.15. The molecule has 0 saturated heterocycles. The molecule has 0 amide bonds. The highest BCUT2D eigenvalue weighted by molar-refractivity contribution is 5.68. The van der Waals surface area contributed by atoms with Crippen LogP contribution >= 0.6 is 0 Å². The monoisotopic (exact) mass is 154 g/mol. The van der Waals surface area contributed by atoms with Gasteiger partial charge in [0, 0.05) is 6.08 Å². The number of carbonyl (C=O) groups is 1. The first-order valence-electron chi connectivity index (χ1n) is 2.38. The summed E-state index contributed by atoms with van der Waals surface area (Å²) in [5.41, 5.74) is 0. The van der Waals surface area contributed by atoms with Gasteiger partial charge in [-0.3, -0.25) is 4.79 Å². The summed E-state index contributed by atoms with van der Waals surface area (Å²) in [5, 5.41) is 7.89. The van der Waals surface area contributed by atoms with Gasteiger partial charge in [-0.1, -0.05) is 6.08 Å². The van der Waals surface area contributed by atoms with Gasteiger partial charge in [0.05, 0.1) is 6.42 Å². The van der Waals surface area contributed by atoms with Crippen LogP contribution in [0.25, 0.3) is 0 Å². The van der Waals surface area contributed by atoms with Crippen LogP contribution in [0, 0.1) is 0 Å². The van der Waals surface area contributed by atoms with Crippen LogP contribution in [0.15, 0.2) is 12.2 Å². The van der Waals surface area contributed by atoms with E-state index in [9.17, 15) is 18.0 Å². The molecule has 0 aromatic heterocycles. The molecule has 0 heterocycles. The minimum atomic E-state index is -4.41. The molecule has 1 N–H and O–H groups in total. The average molecular weight is 154 g/mol. The van der Waals surface area contributed by atoms with Gasteiger partial charge in [0.25, 0.3) is 0 Å². The molecule has 0 atom stereocenters. The maximum Gasteiger partial charge on any atom is 0.409 e. The predicted molar refractivity (Wildman–Crippen MR) is 27.4 cm³/mol. The van der Waals surface area contributed by atoms with Crippen molar-refractivity contribution in [3.05, 3.63) is 12.2 Å². The molecule has 5 heteroatoms. The van der Waals surface area contributed by atoms with Crippen molar-refractivity contribution in [3.63, 3.8) is 0 Å². The summed E-state index contributed by atoms with van der Waals surface area (Å²) in [5.74, 6) is -1.28. The Kier molecular flexibility index (Phi) is 2.92. The van der Waals surface area contributed by atoms with E-state index in [1.807, 2.05) is 0 Å². The van der Waals surface area contributed by atoms with Crippen molar-refractivity contribution in [1.29, 1.82) is 0 Å². The van der Waals surface area contributed by atoms with Gasteiger partial charge in [-0.2, -0.15) is 13.2 Å². The molecule has 0 spiro atoms. The van der Waals surface area contributed by atoms with Crippen LogP contribution in [0.3, 0.4) is 0 Å². The minimum absolute atomic E-state index is 0.0961. The Morgan fingerprint density at radius 3 is 2.30 bits per heavy atom. The molecule has 58 valence electrons. The van der Waals surface area contributed by atoms with Crippen molar-refractivity contribution in [1.82, 2.24) is 0 Å². The molecule has 0 saturated carbocycles. The number of carboxylic acids is 1. The molecule has 0 fully saturated rings. The highest BCUT2D eigenvalue weighted by atomic mass is 19.4. The zero-order valence-corrected chi connectivity index (χ0v) is 4.85. The normalized spacial score (nSPS) is 12.3. The zero-order chi connectivity index (χ0) is 8.20. The fourth-order valence-corrected chi connectivity index (χ4v) is 0.293. The molecule has 0 aliphatic rings. The number of hydrogen-bond donors (Lipinski definition) is 1. The number of allylic oxidation sites excluding steroid dienone is 1. The maximum atomic E-state index is 11.2. The number of rotatable bonds is 2. The van der Waals surface area contributed by atoms with Crippen LogP contribution < -0.4 is 0 Å². The lowest BCUT2D eigenvalue weighted by Crippen LogP contribution is -2.01. The van der Waals surface area contributed by atoms with Crippen LogP contribution in [-0.2, 0) is 4.79 Å². The van der Waals surface area contributed by atoms with Crippen LogP contribution in [-0.4, -0.2) is 17.3 Å². The second kappa shape index (κ2) is 3.24. The first-order valence-corrected chi connectivity index (χ1v) is 2.38. The van der Waals surface area contributed by atoms with Crippen molar-refractivity contribution in [2.45, 2.75) is 12.6 Å². The smallest absolute Gasteiger partial charge is 0.409 e. The molecule has 0 aromatic carbocycles. The molecule has 0 unspecified atom stereocenters. The Morgan fingerprint density at radius 1 is 1.50 bits per heavy atom. The lowest BCUT2D eigenvalue weighted by atomic mass is 10.4. The minimum Gasteiger partial charge on any atom is -0.481 e. The van der Waals surface area contributed by atoms with Gasteiger partial charge in [0.15, 0.2) is 0 Å². The first-order chi connectivity index (χ1) is 4.42. The molecule has 2 nitrogen and oxygen atoms in total. The second-order valence-electron chi connectivity index (χ2n) is 1.54. The number of carboxylic acid groups (broad SMARTS) is 1. The number of alkyl halides is 3. The van der Waals surface area contributed by atoms with Crippen molar-refractivity contribution in [3.8, 4) is 0 Å². The summed E-state index contributed by atoms with van der Waals surface area (Å²) in [6, 6.07) is 0. The van der Waals surface area contributed by atoms with Crippen LogP contribution in [0.1, 0.15) is 6.42 Å². The quantitative estimate of drug-likeness (QED) is 0.613. The van der Waals surface area contributed by atoms with Crippen molar-refractivity contribution in [2.24, 2.45) is 0 Å². The van der Waals surface area contributed by atoms with E-state index in [2.05, 4.69) is 0 Å². The van der Waals surface area contributed by atoms with Crippen molar-refractivity contribution in [2.75, 3.05) is 0 Å². The molecular formula is C5H5F3O2. The van der Waals surface area contributed by atoms with E-state index in [0.717, 1.165) is 0 Å². The Hall–Kier alpha value is -1.00. The molecule has 10 heavy (non-hydrogen) atoms. The Labute approximate surface area is 55.0 Å². The topological polar surface area (TPSA) is 37.3 Å². The lowest BCUT2D eigenvalue weighted by molar-refractivity contribution is -0.136. The average Bonchev–Trinajstić information content (AvgIpc) is 1.59. The van der Waals surface area contributed by atoms with Gasteiger partial charge < -0.3 is 5.11 Å².